The van der Waals surface area contributed by atoms with E-state index in [2.05, 4.69) is 5.73 Å². The van der Waals surface area contributed by atoms with Crippen molar-refractivity contribution in [1.82, 2.24) is 0 Å². The second-order valence-corrected chi connectivity index (χ2v) is 5.92. The first kappa shape index (κ1) is 13.7. The summed E-state index contributed by atoms with van der Waals surface area (Å²) in [5.41, 5.74) is 2.95. The average Bonchev–Trinajstić information content (AvgIpc) is 2.46. The fraction of sp³-hybridized carbons (Fsp3) is 0.812. The van der Waals surface area contributed by atoms with Gasteiger partial charge in [0.25, 0.3) is 0 Å². The van der Waals surface area contributed by atoms with Crippen molar-refractivity contribution >= 4 is 0 Å². The van der Waals surface area contributed by atoms with Crippen molar-refractivity contribution in [1.29, 1.82) is 0 Å². The molecule has 2 nitrogen and oxygen atoms in total. The fourth-order valence-electron chi connectivity index (χ4n) is 3.28. The first-order valence-corrected chi connectivity index (χ1v) is 7.61. The van der Waals surface area contributed by atoms with E-state index in [0.29, 0.717) is 11.7 Å². The van der Waals surface area contributed by atoms with Crippen LogP contribution in [0.15, 0.2) is 17.6 Å². The molecule has 0 unspecified atom stereocenters. The summed E-state index contributed by atoms with van der Waals surface area (Å²) in [4.78, 5) is 0. The van der Waals surface area contributed by atoms with E-state index in [1.54, 1.807) is 6.08 Å². The van der Waals surface area contributed by atoms with Crippen LogP contribution in [-0.4, -0.2) is 16.3 Å². The summed E-state index contributed by atoms with van der Waals surface area (Å²) in [6.45, 7) is 0. The van der Waals surface area contributed by atoms with Gasteiger partial charge in [0.15, 0.2) is 0 Å². The molecule has 0 aromatic rings. The molecule has 0 spiro atoms. The third-order valence-electron chi connectivity index (χ3n) is 4.53. The SMILES string of the molecule is OC(=C=C[C@@H](O)C1CCCCC1)C1CCCCC1. The molecule has 1 atom stereocenters. The molecular weight excluding hydrogens is 224 g/mol. The fourth-order valence-corrected chi connectivity index (χ4v) is 3.28. The van der Waals surface area contributed by atoms with E-state index < -0.39 is 6.10 Å². The Kier molecular flexibility index (Phi) is 5.34. The van der Waals surface area contributed by atoms with E-state index in [1.807, 2.05) is 0 Å². The van der Waals surface area contributed by atoms with Gasteiger partial charge in [-0.25, -0.2) is 0 Å². The molecule has 2 rings (SSSR count). The van der Waals surface area contributed by atoms with Gasteiger partial charge >= 0.3 is 0 Å². The zero-order chi connectivity index (χ0) is 12.8. The first-order chi connectivity index (χ1) is 8.77. The Labute approximate surface area is 110 Å². The summed E-state index contributed by atoms with van der Waals surface area (Å²) < 4.78 is 0. The molecule has 2 aliphatic carbocycles. The molecule has 2 N–H and O–H groups in total. The van der Waals surface area contributed by atoms with Gasteiger partial charge in [0, 0.05) is 5.92 Å². The Hall–Kier alpha value is -0.720. The topological polar surface area (TPSA) is 40.5 Å². The molecule has 0 radical (unpaired) electrons. The summed E-state index contributed by atoms with van der Waals surface area (Å²) in [6, 6.07) is 0. The first-order valence-electron chi connectivity index (χ1n) is 7.61. The molecule has 18 heavy (non-hydrogen) atoms. The minimum atomic E-state index is -0.420. The molecule has 2 aliphatic rings. The second kappa shape index (κ2) is 7.01. The van der Waals surface area contributed by atoms with Crippen LogP contribution in [0.4, 0.5) is 0 Å². The van der Waals surface area contributed by atoms with Crippen LogP contribution in [0.5, 0.6) is 0 Å². The minimum absolute atomic E-state index is 0.286. The highest BCUT2D eigenvalue weighted by Gasteiger charge is 2.20. The van der Waals surface area contributed by atoms with Crippen LogP contribution < -0.4 is 0 Å². The normalized spacial score (nSPS) is 24.3. The van der Waals surface area contributed by atoms with Crippen LogP contribution in [0.1, 0.15) is 64.2 Å². The second-order valence-electron chi connectivity index (χ2n) is 5.92. The molecular formula is C16H26O2. The molecule has 102 valence electrons. The van der Waals surface area contributed by atoms with E-state index in [9.17, 15) is 10.2 Å². The predicted octanol–water partition coefficient (Wildman–Crippen LogP) is 4.10. The van der Waals surface area contributed by atoms with Crippen molar-refractivity contribution in [3.63, 3.8) is 0 Å². The third kappa shape index (κ3) is 3.90. The number of aliphatic hydroxyl groups is 2. The van der Waals surface area contributed by atoms with Gasteiger partial charge in [-0.05, 0) is 37.7 Å². The van der Waals surface area contributed by atoms with Crippen LogP contribution >= 0.6 is 0 Å². The molecule has 0 heterocycles. The summed E-state index contributed by atoms with van der Waals surface area (Å²) >= 11 is 0. The molecule has 2 saturated carbocycles. The van der Waals surface area contributed by atoms with E-state index >= 15 is 0 Å². The van der Waals surface area contributed by atoms with Crippen LogP contribution in [0.3, 0.4) is 0 Å². The molecule has 2 fully saturated rings. The quantitative estimate of drug-likeness (QED) is 0.584. The number of rotatable bonds is 3. The zero-order valence-corrected chi connectivity index (χ0v) is 11.3. The Morgan fingerprint density at radius 2 is 1.50 bits per heavy atom. The van der Waals surface area contributed by atoms with Crippen molar-refractivity contribution in [2.24, 2.45) is 11.8 Å². The number of hydrogen-bond donors (Lipinski definition) is 2. The Balaban J connectivity index is 1.90. The van der Waals surface area contributed by atoms with E-state index in [1.165, 1.54) is 38.5 Å². The predicted molar refractivity (Wildman–Crippen MR) is 73.4 cm³/mol. The average molecular weight is 250 g/mol. The summed E-state index contributed by atoms with van der Waals surface area (Å²) in [7, 11) is 0. The summed E-state index contributed by atoms with van der Waals surface area (Å²) in [5, 5.41) is 20.1. The van der Waals surface area contributed by atoms with E-state index in [0.717, 1.165) is 25.7 Å². The minimum Gasteiger partial charge on any atom is -0.504 e. The van der Waals surface area contributed by atoms with Crippen molar-refractivity contribution in [3.8, 4) is 0 Å². The Morgan fingerprint density at radius 3 is 2.11 bits per heavy atom. The van der Waals surface area contributed by atoms with Crippen LogP contribution in [0, 0.1) is 11.8 Å². The third-order valence-corrected chi connectivity index (χ3v) is 4.53. The van der Waals surface area contributed by atoms with Gasteiger partial charge in [0.05, 0.1) is 6.10 Å². The van der Waals surface area contributed by atoms with Crippen LogP contribution in [0.25, 0.3) is 0 Å². The van der Waals surface area contributed by atoms with Crippen molar-refractivity contribution < 1.29 is 10.2 Å². The number of aliphatic hydroxyl groups excluding tert-OH is 2. The smallest absolute Gasteiger partial charge is 0.138 e. The van der Waals surface area contributed by atoms with Crippen molar-refractivity contribution in [2.75, 3.05) is 0 Å². The summed E-state index contributed by atoms with van der Waals surface area (Å²) in [5.74, 6) is 1.03. The standard InChI is InChI=1S/C16H26O2/c17-15(13-7-3-1-4-8-13)11-12-16(18)14-9-5-2-6-10-14/h11,13-15,17-18H,1-10H2/t12?,15-/m1/s1. The van der Waals surface area contributed by atoms with Gasteiger partial charge in [0.2, 0.25) is 0 Å². The lowest BCUT2D eigenvalue weighted by molar-refractivity contribution is 0.125. The van der Waals surface area contributed by atoms with Crippen molar-refractivity contribution in [3.05, 3.63) is 17.6 Å². The lowest BCUT2D eigenvalue weighted by Crippen LogP contribution is -2.20. The molecule has 0 aromatic carbocycles. The highest BCUT2D eigenvalue weighted by molar-refractivity contribution is 5.01. The van der Waals surface area contributed by atoms with Gasteiger partial charge in [-0.2, -0.15) is 0 Å². The Morgan fingerprint density at radius 1 is 0.944 bits per heavy atom. The molecule has 0 saturated heterocycles. The highest BCUT2D eigenvalue weighted by atomic mass is 16.3. The van der Waals surface area contributed by atoms with E-state index in [-0.39, 0.29) is 5.92 Å². The molecule has 0 amide bonds. The number of hydrogen-bond acceptors (Lipinski definition) is 2. The van der Waals surface area contributed by atoms with Gasteiger partial charge in [-0.15, -0.1) is 0 Å². The lowest BCUT2D eigenvalue weighted by Gasteiger charge is -2.24. The maximum Gasteiger partial charge on any atom is 0.138 e. The summed E-state index contributed by atoms with van der Waals surface area (Å²) in [6.07, 6.45) is 13.1. The zero-order valence-electron chi connectivity index (χ0n) is 11.3. The lowest BCUT2D eigenvalue weighted by atomic mass is 9.85. The van der Waals surface area contributed by atoms with Gasteiger partial charge < -0.3 is 10.2 Å². The Bertz CT molecular complexity index is 303. The van der Waals surface area contributed by atoms with Gasteiger partial charge in [0.1, 0.15) is 5.76 Å². The maximum absolute atomic E-state index is 10.1. The van der Waals surface area contributed by atoms with Gasteiger partial charge in [-0.1, -0.05) is 44.3 Å². The molecule has 2 heteroatoms. The molecule has 0 aromatic heterocycles. The van der Waals surface area contributed by atoms with Gasteiger partial charge in [-0.3, -0.25) is 0 Å². The largest absolute Gasteiger partial charge is 0.504 e. The van der Waals surface area contributed by atoms with Crippen LogP contribution in [0.2, 0.25) is 0 Å². The molecule has 0 aliphatic heterocycles. The molecule has 0 bridgehead atoms. The van der Waals surface area contributed by atoms with Crippen LogP contribution in [-0.2, 0) is 0 Å². The maximum atomic E-state index is 10.1. The van der Waals surface area contributed by atoms with Crippen molar-refractivity contribution in [2.45, 2.75) is 70.3 Å². The monoisotopic (exact) mass is 250 g/mol. The highest BCUT2D eigenvalue weighted by Crippen LogP contribution is 2.29. The van der Waals surface area contributed by atoms with E-state index in [4.69, 9.17) is 0 Å².